The number of fused-ring (bicyclic) bond motifs is 1. The van der Waals surface area contributed by atoms with E-state index >= 15 is 0 Å². The Bertz CT molecular complexity index is 1160. The molecular weight excluding hydrogens is 420 g/mol. The zero-order valence-corrected chi connectivity index (χ0v) is 19.6. The lowest BCUT2D eigenvalue weighted by Crippen LogP contribution is -2.44. The van der Waals surface area contributed by atoms with Crippen LogP contribution in [0.1, 0.15) is 60.4 Å². The van der Waals surface area contributed by atoms with E-state index in [2.05, 4.69) is 31.2 Å². The Morgan fingerprint density at radius 2 is 1.82 bits per heavy atom. The summed E-state index contributed by atoms with van der Waals surface area (Å²) in [6.45, 7) is 7.66. The smallest absolute Gasteiger partial charge is 0.298 e. The van der Waals surface area contributed by atoms with Gasteiger partial charge >= 0.3 is 0 Å². The van der Waals surface area contributed by atoms with E-state index in [9.17, 15) is 14.4 Å². The van der Waals surface area contributed by atoms with Crippen molar-refractivity contribution in [3.63, 3.8) is 0 Å². The number of likely N-dealkylation sites (tertiary alicyclic amines) is 1. The average Bonchev–Trinajstić information content (AvgIpc) is 3.40. The molecule has 0 unspecified atom stereocenters. The topological polar surface area (TPSA) is 97.4 Å². The highest BCUT2D eigenvalue weighted by Crippen LogP contribution is 2.23. The van der Waals surface area contributed by atoms with Crippen LogP contribution >= 0.6 is 0 Å². The number of aromatic nitrogens is 2. The van der Waals surface area contributed by atoms with Gasteiger partial charge in [-0.3, -0.25) is 19.1 Å². The summed E-state index contributed by atoms with van der Waals surface area (Å²) >= 11 is 0. The zero-order chi connectivity index (χ0) is 23.8. The molecule has 3 heterocycles. The molecule has 0 aliphatic carbocycles. The Balaban J connectivity index is 1.29. The zero-order valence-electron chi connectivity index (χ0n) is 19.6. The van der Waals surface area contributed by atoms with Crippen LogP contribution in [-0.2, 0) is 17.3 Å². The molecule has 0 bridgehead atoms. The number of rotatable bonds is 5. The molecule has 0 radical (unpaired) electrons. The summed E-state index contributed by atoms with van der Waals surface area (Å²) in [6, 6.07) is 10.7. The fraction of sp³-hybridized carbons (Fsp3) is 0.440. The minimum Gasteiger partial charge on any atom is -0.452 e. The van der Waals surface area contributed by atoms with E-state index < -0.39 is 11.7 Å². The van der Waals surface area contributed by atoms with Crippen molar-refractivity contribution in [3.05, 3.63) is 53.5 Å². The lowest BCUT2D eigenvalue weighted by atomic mass is 9.92. The van der Waals surface area contributed by atoms with Crippen molar-refractivity contribution in [1.29, 1.82) is 0 Å². The minimum absolute atomic E-state index is 0.0707. The van der Waals surface area contributed by atoms with Gasteiger partial charge in [0, 0.05) is 37.5 Å². The number of nitrogens with one attached hydrogen (secondary N) is 1. The van der Waals surface area contributed by atoms with E-state index in [1.54, 1.807) is 28.8 Å². The number of amides is 2. The summed E-state index contributed by atoms with van der Waals surface area (Å²) in [4.78, 5) is 39.5. The van der Waals surface area contributed by atoms with Crippen molar-refractivity contribution < 1.29 is 18.8 Å². The molecule has 1 saturated heterocycles. The number of hydrogen-bond acceptors (Lipinski definition) is 5. The number of carbonyl (C=O) groups is 3. The quantitative estimate of drug-likeness (QED) is 0.475. The van der Waals surface area contributed by atoms with Crippen LogP contribution in [0.25, 0.3) is 11.0 Å². The summed E-state index contributed by atoms with van der Waals surface area (Å²) in [6.07, 6.45) is 1.44. The molecular formula is C25H30N4O4. The number of furan rings is 1. The molecule has 8 heteroatoms. The van der Waals surface area contributed by atoms with Crippen LogP contribution in [0.3, 0.4) is 0 Å². The van der Waals surface area contributed by atoms with Gasteiger partial charge in [0.05, 0.1) is 5.69 Å². The maximum Gasteiger partial charge on any atom is 0.298 e. The molecule has 0 saturated carbocycles. The molecule has 1 aliphatic heterocycles. The monoisotopic (exact) mass is 450 g/mol. The standard InChI is InChI=1S/C25H30N4O4/c1-25(2,3)21-14-18(28(4)27-21)23(31)26-15-16-9-11-29(12-10-16)24(32)22(30)20-13-17-7-5-6-8-19(17)33-20/h5-8,13-14,16H,9-12,15H2,1-4H3,(H,26,31). The van der Waals surface area contributed by atoms with Crippen molar-refractivity contribution >= 4 is 28.6 Å². The first-order chi connectivity index (χ1) is 15.6. The molecule has 1 N–H and O–H groups in total. The average molecular weight is 451 g/mol. The van der Waals surface area contributed by atoms with Crippen LogP contribution in [0.2, 0.25) is 0 Å². The fourth-order valence-corrected chi connectivity index (χ4v) is 4.06. The number of piperidine rings is 1. The Hall–Kier alpha value is -3.42. The predicted octanol–water partition coefficient (Wildman–Crippen LogP) is 3.32. The highest BCUT2D eigenvalue weighted by molar-refractivity contribution is 6.42. The SMILES string of the molecule is Cn1nc(C(C)(C)C)cc1C(=O)NCC1CCN(C(=O)C(=O)c2cc3ccccc3o2)CC1. The van der Waals surface area contributed by atoms with Gasteiger partial charge in [0.15, 0.2) is 5.76 Å². The molecule has 2 aromatic heterocycles. The number of hydrogen-bond donors (Lipinski definition) is 1. The second-order valence-electron chi connectivity index (χ2n) is 9.71. The Morgan fingerprint density at radius 3 is 2.45 bits per heavy atom. The normalized spacial score (nSPS) is 15.1. The van der Waals surface area contributed by atoms with Gasteiger partial charge in [-0.1, -0.05) is 39.0 Å². The van der Waals surface area contributed by atoms with Crippen molar-refractivity contribution in [2.45, 2.75) is 39.0 Å². The van der Waals surface area contributed by atoms with Gasteiger partial charge in [-0.2, -0.15) is 5.10 Å². The first-order valence-electron chi connectivity index (χ1n) is 11.3. The van der Waals surface area contributed by atoms with E-state index in [4.69, 9.17) is 4.42 Å². The van der Waals surface area contributed by atoms with Gasteiger partial charge in [0.2, 0.25) is 0 Å². The highest BCUT2D eigenvalue weighted by atomic mass is 16.3. The van der Waals surface area contributed by atoms with Crippen LogP contribution in [0.5, 0.6) is 0 Å². The molecule has 33 heavy (non-hydrogen) atoms. The van der Waals surface area contributed by atoms with Crippen LogP contribution in [0.4, 0.5) is 0 Å². The number of Topliss-reactive ketones (excluding diaryl/α,β-unsaturated/α-hetero) is 1. The van der Waals surface area contributed by atoms with Gasteiger partial charge in [0.25, 0.3) is 17.6 Å². The van der Waals surface area contributed by atoms with Crippen molar-refractivity contribution in [2.75, 3.05) is 19.6 Å². The Kier molecular flexibility index (Phi) is 6.10. The van der Waals surface area contributed by atoms with Gasteiger partial charge in [0.1, 0.15) is 11.3 Å². The van der Waals surface area contributed by atoms with Gasteiger partial charge in [-0.05, 0) is 37.0 Å². The van der Waals surface area contributed by atoms with E-state index in [0.717, 1.165) is 23.9 Å². The summed E-state index contributed by atoms with van der Waals surface area (Å²) in [5.41, 5.74) is 1.86. The molecule has 174 valence electrons. The second-order valence-corrected chi connectivity index (χ2v) is 9.71. The maximum atomic E-state index is 12.7. The first kappa shape index (κ1) is 22.8. The summed E-state index contributed by atoms with van der Waals surface area (Å²) in [7, 11) is 1.77. The third kappa shape index (κ3) is 4.84. The Labute approximate surface area is 192 Å². The summed E-state index contributed by atoms with van der Waals surface area (Å²) in [5.74, 6) is -1.000. The van der Waals surface area contributed by atoms with Crippen molar-refractivity contribution in [1.82, 2.24) is 20.0 Å². The molecule has 2 amide bonds. The third-order valence-corrected chi connectivity index (χ3v) is 6.18. The molecule has 1 fully saturated rings. The number of nitrogens with zero attached hydrogens (tertiary/aromatic N) is 3. The van der Waals surface area contributed by atoms with Crippen molar-refractivity contribution in [3.8, 4) is 0 Å². The number of benzene rings is 1. The highest BCUT2D eigenvalue weighted by Gasteiger charge is 2.30. The van der Waals surface area contributed by atoms with Crippen molar-refractivity contribution in [2.24, 2.45) is 13.0 Å². The number of aryl methyl sites for hydroxylation is 1. The molecule has 1 aromatic carbocycles. The number of para-hydroxylation sites is 1. The second kappa shape index (κ2) is 8.84. The summed E-state index contributed by atoms with van der Waals surface area (Å²) < 4.78 is 7.16. The first-order valence-corrected chi connectivity index (χ1v) is 11.3. The molecule has 3 aromatic rings. The number of carbonyl (C=O) groups excluding carboxylic acids is 3. The number of ketones is 1. The van der Waals surface area contributed by atoms with E-state index in [0.29, 0.717) is 30.9 Å². The van der Waals surface area contributed by atoms with Crippen LogP contribution in [-0.4, -0.2) is 51.9 Å². The van der Waals surface area contributed by atoms with E-state index in [-0.39, 0.29) is 23.0 Å². The summed E-state index contributed by atoms with van der Waals surface area (Å²) in [5, 5.41) is 8.25. The van der Waals surface area contributed by atoms with Crippen LogP contribution in [0.15, 0.2) is 40.8 Å². The molecule has 1 aliphatic rings. The fourth-order valence-electron chi connectivity index (χ4n) is 4.06. The van der Waals surface area contributed by atoms with E-state index in [1.165, 1.54) is 0 Å². The third-order valence-electron chi connectivity index (χ3n) is 6.18. The Morgan fingerprint density at radius 1 is 1.12 bits per heavy atom. The molecule has 4 rings (SSSR count). The van der Waals surface area contributed by atoms with Gasteiger partial charge in [-0.25, -0.2) is 0 Å². The van der Waals surface area contributed by atoms with E-state index in [1.807, 2.05) is 24.3 Å². The largest absolute Gasteiger partial charge is 0.452 e. The molecule has 8 nitrogen and oxygen atoms in total. The predicted molar refractivity (Wildman–Crippen MR) is 124 cm³/mol. The molecule has 0 spiro atoms. The van der Waals surface area contributed by atoms with Crippen LogP contribution in [0, 0.1) is 5.92 Å². The lowest BCUT2D eigenvalue weighted by Gasteiger charge is -2.31. The van der Waals surface area contributed by atoms with Gasteiger partial charge in [-0.15, -0.1) is 0 Å². The van der Waals surface area contributed by atoms with Crippen LogP contribution < -0.4 is 5.32 Å². The molecule has 0 atom stereocenters. The van der Waals surface area contributed by atoms with Gasteiger partial charge < -0.3 is 14.6 Å². The minimum atomic E-state index is -0.621. The lowest BCUT2D eigenvalue weighted by molar-refractivity contribution is -0.127. The maximum absolute atomic E-state index is 12.7.